The van der Waals surface area contributed by atoms with Crippen LogP contribution < -0.4 is 0 Å². The number of aromatic nitrogens is 5. The number of pyridine rings is 2. The van der Waals surface area contributed by atoms with Crippen LogP contribution in [0.1, 0.15) is 0 Å². The van der Waals surface area contributed by atoms with E-state index in [9.17, 15) is 0 Å². The van der Waals surface area contributed by atoms with E-state index in [2.05, 4.69) is 190 Å². The van der Waals surface area contributed by atoms with E-state index in [1.807, 2.05) is 48.8 Å². The minimum absolute atomic E-state index is 0.936. The van der Waals surface area contributed by atoms with Gasteiger partial charge in [0.25, 0.3) is 0 Å². The topological polar surface area (TPSA) is 39.5 Å². The van der Waals surface area contributed by atoms with Gasteiger partial charge < -0.3 is 13.4 Å². The summed E-state index contributed by atoms with van der Waals surface area (Å²) in [6.45, 7) is 0. The molecule has 294 valence electrons. The molecule has 0 N–H and O–H groups in total. The zero-order valence-corrected chi connectivity index (χ0v) is 34.1. The average Bonchev–Trinajstić information content (AvgIpc) is 4.08. The lowest BCUT2D eigenvalue weighted by atomic mass is 9.84. The predicted octanol–water partition coefficient (Wildman–Crippen LogP) is 14.7. The van der Waals surface area contributed by atoms with E-state index >= 15 is 0 Å². The fourth-order valence-electron chi connectivity index (χ4n) is 9.75. The van der Waals surface area contributed by atoms with Gasteiger partial charge in [-0.1, -0.05) is 140 Å². The lowest BCUT2D eigenvalue weighted by Crippen LogP contribution is -1.93. The highest BCUT2D eigenvalue weighted by molar-refractivity contribution is 6.22. The molecule has 0 amide bonds. The molecule has 0 aliphatic rings. The third-order valence-corrected chi connectivity index (χ3v) is 12.7. The molecule has 0 bridgehead atoms. The number of fused-ring (bicyclic) bond motifs is 7. The molecular weight excluding hydrogens is 767 g/mol. The summed E-state index contributed by atoms with van der Waals surface area (Å²) in [6, 6.07) is 72.4. The van der Waals surface area contributed by atoms with E-state index in [4.69, 9.17) is 9.97 Å². The van der Waals surface area contributed by atoms with E-state index in [-0.39, 0.29) is 0 Å². The van der Waals surface area contributed by atoms with Crippen LogP contribution in [0.3, 0.4) is 0 Å². The molecule has 0 radical (unpaired) electrons. The van der Waals surface area contributed by atoms with Crippen LogP contribution in [0, 0.1) is 0 Å². The number of benzene rings is 8. The quantitative estimate of drug-likeness (QED) is 0.157. The molecule has 0 fully saturated rings. The van der Waals surface area contributed by atoms with Gasteiger partial charge >= 0.3 is 0 Å². The molecule has 0 atom stereocenters. The maximum atomic E-state index is 4.93. The van der Waals surface area contributed by atoms with Crippen molar-refractivity contribution in [1.29, 1.82) is 0 Å². The number of hydrogen-bond acceptors (Lipinski definition) is 2. The predicted molar refractivity (Wildman–Crippen MR) is 260 cm³/mol. The fraction of sp³-hybridized carbons (Fsp3) is 0. The van der Waals surface area contributed by atoms with Crippen LogP contribution >= 0.6 is 0 Å². The highest BCUT2D eigenvalue weighted by Gasteiger charge is 2.20. The minimum atomic E-state index is 0.936. The van der Waals surface area contributed by atoms with Crippen LogP contribution in [0.5, 0.6) is 0 Å². The van der Waals surface area contributed by atoms with Crippen molar-refractivity contribution in [2.75, 3.05) is 0 Å². The summed E-state index contributed by atoms with van der Waals surface area (Å²) in [6.07, 6.45) is 8.29. The van der Waals surface area contributed by atoms with Gasteiger partial charge in [-0.05, 0) is 116 Å². The Hall–Kier alpha value is -8.54. The van der Waals surface area contributed by atoms with Crippen molar-refractivity contribution in [2.45, 2.75) is 0 Å². The monoisotopic (exact) mass is 803 g/mol. The van der Waals surface area contributed by atoms with Gasteiger partial charge in [0.1, 0.15) is 11.3 Å². The third kappa shape index (κ3) is 5.71. The Bertz CT molecular complexity index is 3820. The van der Waals surface area contributed by atoms with Gasteiger partial charge in [0.2, 0.25) is 0 Å². The van der Waals surface area contributed by atoms with Crippen LogP contribution in [0.2, 0.25) is 0 Å². The lowest BCUT2D eigenvalue weighted by Gasteiger charge is -2.19. The number of hydrogen-bond donors (Lipinski definition) is 0. The SMILES string of the molecule is c1ccc(-n2c3ccccc3c3cc(-c4ccc5c(-c6ccc(-c7cn8ccccc8n7)cc6)c6ccccc6c(-c6ccc(-c7cn8ccccc8n7)cc6)c5c4)ccc32)cc1. The molecule has 5 heterocycles. The summed E-state index contributed by atoms with van der Waals surface area (Å²) < 4.78 is 6.52. The zero-order valence-electron chi connectivity index (χ0n) is 34.1. The maximum Gasteiger partial charge on any atom is 0.137 e. The first-order chi connectivity index (χ1) is 31.2. The van der Waals surface area contributed by atoms with Gasteiger partial charge in [-0.3, -0.25) is 0 Å². The smallest absolute Gasteiger partial charge is 0.137 e. The van der Waals surface area contributed by atoms with Crippen LogP contribution in [0.25, 0.3) is 116 Å². The van der Waals surface area contributed by atoms with E-state index in [0.717, 1.165) is 45.1 Å². The summed E-state index contributed by atoms with van der Waals surface area (Å²) in [4.78, 5) is 9.84. The number of nitrogens with zero attached hydrogens (tertiary/aromatic N) is 5. The summed E-state index contributed by atoms with van der Waals surface area (Å²) in [5.74, 6) is 0. The molecule has 5 aromatic heterocycles. The van der Waals surface area contributed by atoms with E-state index < -0.39 is 0 Å². The second-order valence-corrected chi connectivity index (χ2v) is 16.3. The normalized spacial score (nSPS) is 11.8. The molecule has 63 heavy (non-hydrogen) atoms. The maximum absolute atomic E-state index is 4.93. The number of rotatable bonds is 6. The number of para-hydroxylation sites is 2. The zero-order chi connectivity index (χ0) is 41.4. The Kier molecular flexibility index (Phi) is 7.84. The van der Waals surface area contributed by atoms with Crippen molar-refractivity contribution in [2.24, 2.45) is 0 Å². The van der Waals surface area contributed by atoms with Gasteiger partial charge in [0, 0.05) is 52.4 Å². The standard InChI is InChI=1S/C58H37N5/c1-2-12-44(13-3-1)63-53-17-7-6-14-45(53)49-34-43(29-31-54(49)63)42-28-30-48-50(35-42)58(41-26-22-39(23-27-41)52-37-62-33-11-9-19-56(62)60-52)47-16-5-4-15-46(47)57(48)40-24-20-38(21-25-40)51-36-61-32-10-8-18-55(61)59-51/h1-37H. The van der Waals surface area contributed by atoms with E-state index in [0.29, 0.717) is 0 Å². The van der Waals surface area contributed by atoms with E-state index in [1.54, 1.807) is 0 Å². The molecule has 13 aromatic rings. The molecule has 13 rings (SSSR count). The third-order valence-electron chi connectivity index (χ3n) is 12.7. The van der Waals surface area contributed by atoms with Crippen LogP contribution in [-0.4, -0.2) is 23.3 Å². The van der Waals surface area contributed by atoms with Crippen LogP contribution in [0.4, 0.5) is 0 Å². The van der Waals surface area contributed by atoms with Crippen molar-refractivity contribution < 1.29 is 0 Å². The van der Waals surface area contributed by atoms with Gasteiger partial charge in [0.15, 0.2) is 0 Å². The summed E-state index contributed by atoms with van der Waals surface area (Å²) in [7, 11) is 0. The van der Waals surface area contributed by atoms with Crippen molar-refractivity contribution in [3.63, 3.8) is 0 Å². The molecule has 0 unspecified atom stereocenters. The second-order valence-electron chi connectivity index (χ2n) is 16.3. The van der Waals surface area contributed by atoms with Crippen molar-refractivity contribution in [1.82, 2.24) is 23.3 Å². The fourth-order valence-corrected chi connectivity index (χ4v) is 9.75. The first-order valence-corrected chi connectivity index (χ1v) is 21.4. The Morgan fingerprint density at radius 2 is 0.746 bits per heavy atom. The van der Waals surface area contributed by atoms with Crippen molar-refractivity contribution in [3.8, 4) is 61.6 Å². The van der Waals surface area contributed by atoms with Crippen LogP contribution in [-0.2, 0) is 0 Å². The van der Waals surface area contributed by atoms with Gasteiger partial charge in [-0.15, -0.1) is 0 Å². The summed E-state index contributed by atoms with van der Waals surface area (Å²) in [5, 5.41) is 7.32. The Morgan fingerprint density at radius 1 is 0.302 bits per heavy atom. The minimum Gasteiger partial charge on any atom is -0.309 e. The summed E-state index contributed by atoms with van der Waals surface area (Å²) in [5.41, 5.74) is 16.6. The highest BCUT2D eigenvalue weighted by atomic mass is 15.0. The molecule has 0 aliphatic heterocycles. The Labute approximate surface area is 363 Å². The molecule has 5 nitrogen and oxygen atoms in total. The first-order valence-electron chi connectivity index (χ1n) is 21.4. The molecule has 0 saturated heterocycles. The highest BCUT2D eigenvalue weighted by Crippen LogP contribution is 2.46. The average molecular weight is 804 g/mol. The molecule has 0 saturated carbocycles. The first kappa shape index (κ1) is 35.2. The van der Waals surface area contributed by atoms with Crippen LogP contribution in [0.15, 0.2) is 225 Å². The second kappa shape index (κ2) is 14.0. The molecule has 0 aliphatic carbocycles. The Balaban J connectivity index is 1.01. The van der Waals surface area contributed by atoms with E-state index in [1.165, 1.54) is 71.2 Å². The van der Waals surface area contributed by atoms with Gasteiger partial charge in [-0.2, -0.15) is 0 Å². The summed E-state index contributed by atoms with van der Waals surface area (Å²) >= 11 is 0. The molecule has 0 spiro atoms. The van der Waals surface area contributed by atoms with Gasteiger partial charge in [-0.25, -0.2) is 9.97 Å². The molecular formula is C58H37N5. The molecule has 5 heteroatoms. The van der Waals surface area contributed by atoms with Crippen molar-refractivity contribution >= 4 is 54.6 Å². The van der Waals surface area contributed by atoms with Gasteiger partial charge in [0.05, 0.1) is 22.4 Å². The largest absolute Gasteiger partial charge is 0.309 e. The molecule has 8 aromatic carbocycles. The Morgan fingerprint density at radius 3 is 1.35 bits per heavy atom. The number of imidazole rings is 2. The lowest BCUT2D eigenvalue weighted by molar-refractivity contribution is 1.18. The van der Waals surface area contributed by atoms with Crippen molar-refractivity contribution in [3.05, 3.63) is 225 Å².